The molecule has 1 aromatic rings. The Morgan fingerprint density at radius 1 is 1.38 bits per heavy atom. The Labute approximate surface area is 96.4 Å². The van der Waals surface area contributed by atoms with E-state index in [9.17, 15) is 0 Å². The lowest BCUT2D eigenvalue weighted by atomic mass is 10.2. The Balaban J connectivity index is 1.97. The summed E-state index contributed by atoms with van der Waals surface area (Å²) in [5, 5.41) is 3.37. The molecule has 0 saturated heterocycles. The van der Waals surface area contributed by atoms with E-state index in [1.165, 1.54) is 0 Å². The van der Waals surface area contributed by atoms with Gasteiger partial charge < -0.3 is 10.1 Å². The summed E-state index contributed by atoms with van der Waals surface area (Å²) >= 11 is 0. The molecule has 2 atom stereocenters. The van der Waals surface area contributed by atoms with Crippen LogP contribution in [0.4, 0.5) is 5.95 Å². The molecule has 1 N–H and O–H groups in total. The quantitative estimate of drug-likeness (QED) is 0.848. The van der Waals surface area contributed by atoms with Crippen LogP contribution in [0.5, 0.6) is 0 Å². The van der Waals surface area contributed by atoms with Crippen LogP contribution >= 0.6 is 0 Å². The summed E-state index contributed by atoms with van der Waals surface area (Å²) in [5.74, 6) is 0.741. The molecular weight excluding hydrogens is 202 g/mol. The molecule has 0 aromatic carbocycles. The summed E-state index contributed by atoms with van der Waals surface area (Å²) in [6.45, 7) is 4.03. The molecule has 0 aliphatic heterocycles. The third-order valence-corrected chi connectivity index (χ3v) is 3.28. The van der Waals surface area contributed by atoms with Crippen molar-refractivity contribution >= 4 is 5.95 Å². The molecule has 0 amide bonds. The van der Waals surface area contributed by atoms with Crippen molar-refractivity contribution in [2.45, 2.75) is 45.3 Å². The topological polar surface area (TPSA) is 47.0 Å². The SMILES string of the molecule is COC1CCC(Nc2ncc(C)c(C)n2)C1. The first-order valence-electron chi connectivity index (χ1n) is 5.78. The fraction of sp³-hybridized carbons (Fsp3) is 0.667. The fourth-order valence-corrected chi connectivity index (χ4v) is 2.06. The maximum Gasteiger partial charge on any atom is 0.223 e. The molecule has 1 aromatic heterocycles. The number of hydrogen-bond donors (Lipinski definition) is 1. The molecule has 1 saturated carbocycles. The van der Waals surface area contributed by atoms with E-state index in [2.05, 4.69) is 15.3 Å². The minimum absolute atomic E-state index is 0.393. The van der Waals surface area contributed by atoms with Crippen LogP contribution < -0.4 is 5.32 Å². The van der Waals surface area contributed by atoms with Crippen LogP contribution in [-0.2, 0) is 4.74 Å². The van der Waals surface area contributed by atoms with Crippen LogP contribution in [0.2, 0.25) is 0 Å². The molecule has 1 fully saturated rings. The van der Waals surface area contributed by atoms with Crippen LogP contribution in [0.3, 0.4) is 0 Å². The molecule has 1 aliphatic carbocycles. The summed E-state index contributed by atoms with van der Waals surface area (Å²) in [6.07, 6.45) is 5.57. The summed E-state index contributed by atoms with van der Waals surface area (Å²) in [7, 11) is 1.78. The molecular formula is C12H19N3O. The van der Waals surface area contributed by atoms with Gasteiger partial charge in [0.2, 0.25) is 5.95 Å². The maximum atomic E-state index is 5.34. The number of anilines is 1. The zero-order valence-electron chi connectivity index (χ0n) is 10.2. The Kier molecular flexibility index (Phi) is 3.39. The fourth-order valence-electron chi connectivity index (χ4n) is 2.06. The van der Waals surface area contributed by atoms with Crippen LogP contribution in [0.1, 0.15) is 30.5 Å². The van der Waals surface area contributed by atoms with Gasteiger partial charge in [0.15, 0.2) is 0 Å². The lowest BCUT2D eigenvalue weighted by molar-refractivity contribution is 0.108. The number of rotatable bonds is 3. The highest BCUT2D eigenvalue weighted by molar-refractivity contribution is 5.30. The monoisotopic (exact) mass is 221 g/mol. The minimum Gasteiger partial charge on any atom is -0.381 e. The number of aromatic nitrogens is 2. The summed E-state index contributed by atoms with van der Waals surface area (Å²) in [6, 6.07) is 0.451. The minimum atomic E-state index is 0.393. The van der Waals surface area contributed by atoms with E-state index in [1.807, 2.05) is 20.0 Å². The van der Waals surface area contributed by atoms with Gasteiger partial charge in [0, 0.05) is 25.0 Å². The number of methoxy groups -OCH3 is 1. The van der Waals surface area contributed by atoms with Gasteiger partial charge in [-0.1, -0.05) is 0 Å². The smallest absolute Gasteiger partial charge is 0.223 e. The van der Waals surface area contributed by atoms with Crippen molar-refractivity contribution in [1.82, 2.24) is 9.97 Å². The van der Waals surface area contributed by atoms with Crippen LogP contribution in [0.15, 0.2) is 6.20 Å². The molecule has 4 nitrogen and oxygen atoms in total. The number of ether oxygens (including phenoxy) is 1. The van der Waals surface area contributed by atoms with E-state index in [4.69, 9.17) is 4.74 Å². The highest BCUT2D eigenvalue weighted by Gasteiger charge is 2.24. The lowest BCUT2D eigenvalue weighted by Gasteiger charge is -2.13. The molecule has 16 heavy (non-hydrogen) atoms. The van der Waals surface area contributed by atoms with Gasteiger partial charge in [-0.25, -0.2) is 9.97 Å². The summed E-state index contributed by atoms with van der Waals surface area (Å²) in [4.78, 5) is 8.71. The highest BCUT2D eigenvalue weighted by atomic mass is 16.5. The number of nitrogens with one attached hydrogen (secondary N) is 1. The van der Waals surface area contributed by atoms with Gasteiger partial charge in [-0.05, 0) is 38.7 Å². The van der Waals surface area contributed by atoms with Gasteiger partial charge in [-0.3, -0.25) is 0 Å². The average molecular weight is 221 g/mol. The van der Waals surface area contributed by atoms with Crippen LogP contribution in [0, 0.1) is 13.8 Å². The largest absolute Gasteiger partial charge is 0.381 e. The summed E-state index contributed by atoms with van der Waals surface area (Å²) in [5.41, 5.74) is 2.17. The van der Waals surface area contributed by atoms with E-state index in [0.29, 0.717) is 12.1 Å². The first-order chi connectivity index (χ1) is 7.69. The van der Waals surface area contributed by atoms with E-state index < -0.39 is 0 Å². The molecule has 88 valence electrons. The van der Waals surface area contributed by atoms with Gasteiger partial charge in [0.05, 0.1) is 6.10 Å². The molecule has 1 heterocycles. The Morgan fingerprint density at radius 3 is 2.81 bits per heavy atom. The number of aryl methyl sites for hydroxylation is 2. The third-order valence-electron chi connectivity index (χ3n) is 3.28. The first-order valence-corrected chi connectivity index (χ1v) is 5.78. The van der Waals surface area contributed by atoms with E-state index in [-0.39, 0.29) is 0 Å². The maximum absolute atomic E-state index is 5.34. The predicted molar refractivity (Wildman–Crippen MR) is 63.6 cm³/mol. The third kappa shape index (κ3) is 2.50. The highest BCUT2D eigenvalue weighted by Crippen LogP contribution is 2.23. The molecule has 0 spiro atoms. The molecule has 0 radical (unpaired) electrons. The normalized spacial score (nSPS) is 24.7. The zero-order valence-corrected chi connectivity index (χ0v) is 10.2. The van der Waals surface area contributed by atoms with E-state index in [0.717, 1.165) is 36.5 Å². The molecule has 1 aliphatic rings. The lowest BCUT2D eigenvalue weighted by Crippen LogP contribution is -2.19. The Hall–Kier alpha value is -1.16. The van der Waals surface area contributed by atoms with Crippen molar-refractivity contribution in [3.63, 3.8) is 0 Å². The molecule has 2 unspecified atom stereocenters. The number of nitrogens with zero attached hydrogens (tertiary/aromatic N) is 2. The van der Waals surface area contributed by atoms with E-state index >= 15 is 0 Å². The van der Waals surface area contributed by atoms with Crippen molar-refractivity contribution in [1.29, 1.82) is 0 Å². The van der Waals surface area contributed by atoms with Crippen LogP contribution in [0.25, 0.3) is 0 Å². The second kappa shape index (κ2) is 4.78. The standard InChI is InChI=1S/C12H19N3O/c1-8-7-13-12(14-9(8)2)15-10-4-5-11(6-10)16-3/h7,10-11H,4-6H2,1-3H3,(H,13,14,15). The van der Waals surface area contributed by atoms with E-state index in [1.54, 1.807) is 7.11 Å². The van der Waals surface area contributed by atoms with Gasteiger partial charge in [-0.15, -0.1) is 0 Å². The Bertz CT molecular complexity index is 367. The predicted octanol–water partition coefficient (Wildman–Crippen LogP) is 2.07. The zero-order chi connectivity index (χ0) is 11.5. The van der Waals surface area contributed by atoms with Crippen molar-refractivity contribution in [3.8, 4) is 0 Å². The average Bonchev–Trinajstić information content (AvgIpc) is 2.71. The van der Waals surface area contributed by atoms with Crippen molar-refractivity contribution in [2.75, 3.05) is 12.4 Å². The van der Waals surface area contributed by atoms with Gasteiger partial charge in [0.25, 0.3) is 0 Å². The van der Waals surface area contributed by atoms with Gasteiger partial charge >= 0.3 is 0 Å². The first kappa shape index (κ1) is 11.3. The summed E-state index contributed by atoms with van der Waals surface area (Å²) < 4.78 is 5.34. The molecule has 0 bridgehead atoms. The second-order valence-corrected chi connectivity index (χ2v) is 4.47. The van der Waals surface area contributed by atoms with Gasteiger partial charge in [-0.2, -0.15) is 0 Å². The number of hydrogen-bond acceptors (Lipinski definition) is 4. The van der Waals surface area contributed by atoms with Crippen molar-refractivity contribution < 1.29 is 4.74 Å². The van der Waals surface area contributed by atoms with Crippen molar-refractivity contribution in [3.05, 3.63) is 17.5 Å². The molecule has 2 rings (SSSR count). The molecule has 4 heteroatoms. The second-order valence-electron chi connectivity index (χ2n) is 4.47. The van der Waals surface area contributed by atoms with Gasteiger partial charge in [0.1, 0.15) is 0 Å². The Morgan fingerprint density at radius 2 is 2.19 bits per heavy atom. The van der Waals surface area contributed by atoms with Crippen LogP contribution in [-0.4, -0.2) is 29.2 Å². The van der Waals surface area contributed by atoms with Crippen molar-refractivity contribution in [2.24, 2.45) is 0 Å².